The van der Waals surface area contributed by atoms with E-state index in [1.807, 2.05) is 48.5 Å². The molecule has 1 saturated heterocycles. The first-order valence-electron chi connectivity index (χ1n) is 9.52. The van der Waals surface area contributed by atoms with Crippen molar-refractivity contribution >= 4 is 12.2 Å². The van der Waals surface area contributed by atoms with E-state index in [9.17, 15) is 14.7 Å². The lowest BCUT2D eigenvalue weighted by molar-refractivity contribution is -0.172. The van der Waals surface area contributed by atoms with E-state index in [4.69, 9.17) is 4.74 Å². The highest BCUT2D eigenvalue weighted by Crippen LogP contribution is 2.30. The molecule has 0 aromatic rings. The molecule has 1 rings (SSSR count). The van der Waals surface area contributed by atoms with Crippen LogP contribution in [-0.2, 0) is 14.3 Å². The molecule has 0 aromatic carbocycles. The Morgan fingerprint density at radius 2 is 1.73 bits per heavy atom. The Labute approximate surface area is 158 Å². The first-order chi connectivity index (χ1) is 11.6. The molecular formula is C20H38N2O4. The van der Waals surface area contributed by atoms with Crippen LogP contribution in [-0.4, -0.2) is 58.3 Å². The average Bonchev–Trinajstić information content (AvgIpc) is 2.83. The number of nitrogens with zero attached hydrogens (tertiary/aromatic N) is 1. The van der Waals surface area contributed by atoms with Gasteiger partial charge in [0.2, 0.25) is 5.91 Å². The highest BCUT2D eigenvalue weighted by molar-refractivity contribution is 5.86. The summed E-state index contributed by atoms with van der Waals surface area (Å²) in [7, 11) is 0. The molecule has 0 aromatic heterocycles. The van der Waals surface area contributed by atoms with Crippen LogP contribution in [0.15, 0.2) is 0 Å². The average molecular weight is 371 g/mol. The molecule has 1 aliphatic heterocycles. The van der Waals surface area contributed by atoms with Gasteiger partial charge in [0.15, 0.2) is 0 Å². The number of likely N-dealkylation sites (tertiary alicyclic amines) is 1. The second kappa shape index (κ2) is 7.95. The third-order valence-corrected chi connectivity index (χ3v) is 5.28. The monoisotopic (exact) mass is 370 g/mol. The largest absolute Gasteiger partial charge is 0.391 e. The number of aldehydes is 1. The topological polar surface area (TPSA) is 78.9 Å². The van der Waals surface area contributed by atoms with Gasteiger partial charge in [-0.25, -0.2) is 0 Å². The summed E-state index contributed by atoms with van der Waals surface area (Å²) in [5, 5.41) is 13.3. The number of aliphatic hydroxyl groups excluding tert-OH is 1. The molecule has 1 fully saturated rings. The summed E-state index contributed by atoms with van der Waals surface area (Å²) in [6.45, 7) is 18.2. The number of carbonyl (C=O) groups excluding carboxylic acids is 2. The molecule has 3 unspecified atom stereocenters. The summed E-state index contributed by atoms with van der Waals surface area (Å²) in [6, 6.07) is -1.12. The molecule has 0 aliphatic carbocycles. The Bertz CT molecular complexity index is 508. The number of ether oxygens (including phenoxy) is 1. The van der Waals surface area contributed by atoms with Gasteiger partial charge in [0, 0.05) is 13.0 Å². The molecule has 0 radical (unpaired) electrons. The van der Waals surface area contributed by atoms with Crippen LogP contribution in [0.4, 0.5) is 0 Å². The van der Waals surface area contributed by atoms with Crippen molar-refractivity contribution < 1.29 is 19.4 Å². The Balaban J connectivity index is 3.04. The van der Waals surface area contributed by atoms with Crippen molar-refractivity contribution in [2.75, 3.05) is 6.54 Å². The molecule has 1 heterocycles. The predicted octanol–water partition coefficient (Wildman–Crippen LogP) is 2.34. The molecule has 1 aliphatic rings. The second-order valence-electron chi connectivity index (χ2n) is 9.90. The van der Waals surface area contributed by atoms with Gasteiger partial charge < -0.3 is 19.5 Å². The van der Waals surface area contributed by atoms with E-state index in [1.54, 1.807) is 0 Å². The fourth-order valence-corrected chi connectivity index (χ4v) is 3.19. The van der Waals surface area contributed by atoms with Crippen LogP contribution in [0.2, 0.25) is 0 Å². The predicted molar refractivity (Wildman–Crippen MR) is 103 cm³/mol. The third kappa shape index (κ3) is 5.76. The number of nitrogens with one attached hydrogen (secondary N) is 1. The minimum absolute atomic E-state index is 0.176. The number of carbonyl (C=O) groups is 2. The molecule has 2 N–H and O–H groups in total. The van der Waals surface area contributed by atoms with E-state index < -0.39 is 23.9 Å². The summed E-state index contributed by atoms with van der Waals surface area (Å²) in [6.07, 6.45) is 0.392. The van der Waals surface area contributed by atoms with Gasteiger partial charge in [-0.2, -0.15) is 0 Å². The van der Waals surface area contributed by atoms with E-state index in [0.29, 0.717) is 12.3 Å². The van der Waals surface area contributed by atoms with Gasteiger partial charge in [0.25, 0.3) is 0 Å². The van der Waals surface area contributed by atoms with Crippen molar-refractivity contribution in [2.45, 2.75) is 98.2 Å². The number of hydrogen-bond donors (Lipinski definition) is 2. The molecule has 0 spiro atoms. The molecular weight excluding hydrogens is 332 g/mol. The van der Waals surface area contributed by atoms with Gasteiger partial charge in [-0.1, -0.05) is 34.6 Å². The van der Waals surface area contributed by atoms with Crippen molar-refractivity contribution in [1.29, 1.82) is 0 Å². The maximum absolute atomic E-state index is 13.2. The normalized spacial score (nSPS) is 23.4. The van der Waals surface area contributed by atoms with E-state index >= 15 is 0 Å². The summed E-state index contributed by atoms with van der Waals surface area (Å²) in [4.78, 5) is 26.0. The zero-order valence-corrected chi connectivity index (χ0v) is 17.9. The zero-order valence-electron chi connectivity index (χ0n) is 17.9. The molecule has 0 bridgehead atoms. The van der Waals surface area contributed by atoms with Crippen molar-refractivity contribution in [3.63, 3.8) is 0 Å². The fraction of sp³-hybridized carbons (Fsp3) is 0.900. The number of rotatable bonds is 7. The van der Waals surface area contributed by atoms with Crippen LogP contribution in [0.3, 0.4) is 0 Å². The molecule has 6 heteroatoms. The summed E-state index contributed by atoms with van der Waals surface area (Å²) in [5.41, 5.74) is -1.49. The maximum atomic E-state index is 13.2. The first kappa shape index (κ1) is 23.1. The number of aliphatic hydroxyl groups is 1. The van der Waals surface area contributed by atoms with Crippen molar-refractivity contribution in [1.82, 2.24) is 10.2 Å². The molecule has 0 saturated carbocycles. The Morgan fingerprint density at radius 3 is 2.15 bits per heavy atom. The third-order valence-electron chi connectivity index (χ3n) is 5.28. The minimum atomic E-state index is -0.740. The number of β-amino-alcohol motifs (C(OH)–C–C–N with tert-alkyl or cyclic N) is 1. The SMILES string of the molecule is CC(C)C(C)(C)OC(C)(C)NC(C(=O)N1CC(O)CC1C=O)C(C)(C)C. The van der Waals surface area contributed by atoms with Crippen molar-refractivity contribution in [3.8, 4) is 0 Å². The van der Waals surface area contributed by atoms with Crippen LogP contribution in [0.1, 0.15) is 68.7 Å². The first-order valence-corrected chi connectivity index (χ1v) is 9.52. The lowest BCUT2D eigenvalue weighted by atomic mass is 9.84. The number of amides is 1. The van der Waals surface area contributed by atoms with Gasteiger partial charge >= 0.3 is 0 Å². The quantitative estimate of drug-likeness (QED) is 0.531. The van der Waals surface area contributed by atoms with Crippen LogP contribution in [0.25, 0.3) is 0 Å². The van der Waals surface area contributed by atoms with Crippen molar-refractivity contribution in [2.24, 2.45) is 11.3 Å². The molecule has 3 atom stereocenters. The Morgan fingerprint density at radius 1 is 1.19 bits per heavy atom. The standard InChI is InChI=1S/C20H38N2O4/c1-13(2)19(6,7)26-20(8,9)21-16(18(3,4)5)17(25)22-11-15(24)10-14(22)12-23/h12-16,21,24H,10-11H2,1-9H3. The maximum Gasteiger partial charge on any atom is 0.241 e. The van der Waals surface area contributed by atoms with E-state index in [1.165, 1.54) is 4.90 Å². The molecule has 6 nitrogen and oxygen atoms in total. The second-order valence-corrected chi connectivity index (χ2v) is 9.90. The van der Waals surface area contributed by atoms with E-state index in [2.05, 4.69) is 19.2 Å². The zero-order chi connectivity index (χ0) is 20.5. The van der Waals surface area contributed by atoms with Crippen LogP contribution in [0, 0.1) is 11.3 Å². The van der Waals surface area contributed by atoms with Gasteiger partial charge in [0.1, 0.15) is 12.0 Å². The van der Waals surface area contributed by atoms with Gasteiger partial charge in [-0.05, 0) is 39.0 Å². The molecule has 1 amide bonds. The Hall–Kier alpha value is -0.980. The van der Waals surface area contributed by atoms with Gasteiger partial charge in [-0.15, -0.1) is 0 Å². The highest BCUT2D eigenvalue weighted by Gasteiger charge is 2.44. The minimum Gasteiger partial charge on any atom is -0.391 e. The lowest BCUT2D eigenvalue weighted by Crippen LogP contribution is -2.62. The summed E-state index contributed by atoms with van der Waals surface area (Å²) >= 11 is 0. The van der Waals surface area contributed by atoms with Crippen LogP contribution in [0.5, 0.6) is 0 Å². The van der Waals surface area contributed by atoms with Gasteiger partial charge in [-0.3, -0.25) is 10.1 Å². The smallest absolute Gasteiger partial charge is 0.241 e. The fourth-order valence-electron chi connectivity index (χ4n) is 3.19. The van der Waals surface area contributed by atoms with Crippen molar-refractivity contribution in [3.05, 3.63) is 0 Å². The summed E-state index contributed by atoms with van der Waals surface area (Å²) in [5.74, 6) is 0.130. The summed E-state index contributed by atoms with van der Waals surface area (Å²) < 4.78 is 6.30. The van der Waals surface area contributed by atoms with Crippen LogP contribution >= 0.6 is 0 Å². The number of hydrogen-bond acceptors (Lipinski definition) is 5. The lowest BCUT2D eigenvalue weighted by Gasteiger charge is -2.44. The van der Waals surface area contributed by atoms with E-state index in [0.717, 1.165) is 6.29 Å². The Kier molecular flexibility index (Phi) is 7.05. The van der Waals surface area contributed by atoms with E-state index in [-0.39, 0.29) is 23.5 Å². The highest BCUT2D eigenvalue weighted by atomic mass is 16.5. The van der Waals surface area contributed by atoms with Gasteiger partial charge in [0.05, 0.1) is 23.8 Å². The molecule has 26 heavy (non-hydrogen) atoms. The van der Waals surface area contributed by atoms with Crippen LogP contribution < -0.4 is 5.32 Å². The molecule has 152 valence electrons.